The van der Waals surface area contributed by atoms with Gasteiger partial charge in [-0.2, -0.15) is 0 Å². The van der Waals surface area contributed by atoms with Crippen molar-refractivity contribution in [3.63, 3.8) is 0 Å². The molecule has 0 heterocycles. The van der Waals surface area contributed by atoms with Crippen LogP contribution in [0.15, 0.2) is 24.3 Å². The van der Waals surface area contributed by atoms with Crippen molar-refractivity contribution in [2.24, 2.45) is 11.3 Å². The van der Waals surface area contributed by atoms with Crippen LogP contribution in [-0.2, 0) is 6.42 Å². The van der Waals surface area contributed by atoms with Crippen molar-refractivity contribution in [2.75, 3.05) is 6.61 Å². The topological polar surface area (TPSA) is 20.2 Å². The summed E-state index contributed by atoms with van der Waals surface area (Å²) in [7, 11) is 0. The first-order chi connectivity index (χ1) is 6.64. The maximum absolute atomic E-state index is 12.6. The molecule has 0 saturated heterocycles. The van der Waals surface area contributed by atoms with Gasteiger partial charge in [0.1, 0.15) is 5.82 Å². The van der Waals surface area contributed by atoms with E-state index in [2.05, 4.69) is 6.92 Å². The number of benzene rings is 1. The molecule has 1 aromatic rings. The lowest BCUT2D eigenvalue weighted by Gasteiger charge is -2.09. The van der Waals surface area contributed by atoms with Crippen LogP contribution >= 0.6 is 0 Å². The maximum Gasteiger partial charge on any atom is 0.123 e. The first-order valence-corrected chi connectivity index (χ1v) is 4.99. The minimum atomic E-state index is -0.187. The summed E-state index contributed by atoms with van der Waals surface area (Å²) in [5, 5.41) is 9.00. The summed E-state index contributed by atoms with van der Waals surface area (Å²) in [6.45, 7) is 2.45. The van der Waals surface area contributed by atoms with Gasteiger partial charge in [-0.05, 0) is 41.9 Å². The van der Waals surface area contributed by atoms with Crippen molar-refractivity contribution in [1.82, 2.24) is 0 Å². The van der Waals surface area contributed by atoms with E-state index in [1.54, 1.807) is 0 Å². The van der Waals surface area contributed by atoms with E-state index in [4.69, 9.17) is 5.11 Å². The van der Waals surface area contributed by atoms with Crippen LogP contribution in [0.2, 0.25) is 0 Å². The Morgan fingerprint density at radius 1 is 1.43 bits per heavy atom. The summed E-state index contributed by atoms with van der Waals surface area (Å²) in [5.41, 5.74) is 1.40. The van der Waals surface area contributed by atoms with Gasteiger partial charge in [0.05, 0.1) is 0 Å². The molecule has 2 unspecified atom stereocenters. The van der Waals surface area contributed by atoms with E-state index in [1.807, 2.05) is 12.1 Å². The van der Waals surface area contributed by atoms with Crippen LogP contribution in [0, 0.1) is 17.2 Å². The molecule has 2 rings (SSSR count). The molecule has 2 heteroatoms. The highest BCUT2D eigenvalue weighted by Gasteiger charge is 2.48. The Labute approximate surface area is 83.6 Å². The summed E-state index contributed by atoms with van der Waals surface area (Å²) < 4.78 is 12.6. The third-order valence-electron chi connectivity index (χ3n) is 3.28. The van der Waals surface area contributed by atoms with E-state index in [0.29, 0.717) is 5.92 Å². The molecular weight excluding hydrogens is 179 g/mol. The van der Waals surface area contributed by atoms with Gasteiger partial charge in [-0.1, -0.05) is 19.1 Å². The minimum absolute atomic E-state index is 0.187. The zero-order valence-corrected chi connectivity index (χ0v) is 8.33. The number of aliphatic hydroxyl groups excluding tert-OH is 1. The van der Waals surface area contributed by atoms with E-state index in [0.717, 1.165) is 18.4 Å². The summed E-state index contributed by atoms with van der Waals surface area (Å²) in [4.78, 5) is 0. The van der Waals surface area contributed by atoms with Gasteiger partial charge in [0.25, 0.3) is 0 Å². The Bertz CT molecular complexity index is 320. The first kappa shape index (κ1) is 9.66. The van der Waals surface area contributed by atoms with Gasteiger partial charge >= 0.3 is 0 Å². The molecule has 0 aliphatic heterocycles. The van der Waals surface area contributed by atoms with Crippen molar-refractivity contribution in [2.45, 2.75) is 19.8 Å². The predicted octanol–water partition coefficient (Wildman–Crippen LogP) is 2.39. The Morgan fingerprint density at radius 2 is 2.07 bits per heavy atom. The van der Waals surface area contributed by atoms with Crippen LogP contribution in [0.5, 0.6) is 0 Å². The predicted molar refractivity (Wildman–Crippen MR) is 53.4 cm³/mol. The largest absolute Gasteiger partial charge is 0.396 e. The highest BCUT2D eigenvalue weighted by atomic mass is 19.1. The fourth-order valence-corrected chi connectivity index (χ4v) is 2.07. The molecular formula is C12H15FO. The molecule has 1 nitrogen and oxygen atoms in total. The van der Waals surface area contributed by atoms with Gasteiger partial charge in [0.2, 0.25) is 0 Å². The minimum Gasteiger partial charge on any atom is -0.396 e. The second-order valence-electron chi connectivity index (χ2n) is 4.54. The van der Waals surface area contributed by atoms with E-state index in [-0.39, 0.29) is 17.8 Å². The maximum atomic E-state index is 12.6. The second kappa shape index (κ2) is 3.35. The highest BCUT2D eigenvalue weighted by molar-refractivity contribution is 5.20. The van der Waals surface area contributed by atoms with Gasteiger partial charge in [0, 0.05) is 6.61 Å². The summed E-state index contributed by atoms with van der Waals surface area (Å²) in [6, 6.07) is 6.64. The molecule has 0 aromatic heterocycles. The number of aliphatic hydroxyl groups is 1. The van der Waals surface area contributed by atoms with Crippen molar-refractivity contribution in [3.8, 4) is 0 Å². The molecule has 1 aliphatic rings. The van der Waals surface area contributed by atoms with E-state index >= 15 is 0 Å². The first-order valence-electron chi connectivity index (χ1n) is 4.99. The molecule has 14 heavy (non-hydrogen) atoms. The Kier molecular flexibility index (Phi) is 2.31. The molecule has 1 aliphatic carbocycles. The Balaban J connectivity index is 2.02. The van der Waals surface area contributed by atoms with Crippen molar-refractivity contribution in [3.05, 3.63) is 35.6 Å². The molecule has 0 bridgehead atoms. The average Bonchev–Trinajstić information content (AvgIpc) is 2.81. The van der Waals surface area contributed by atoms with Gasteiger partial charge in [-0.15, -0.1) is 0 Å². The third kappa shape index (κ3) is 1.80. The van der Waals surface area contributed by atoms with E-state index in [9.17, 15) is 4.39 Å². The lowest BCUT2D eigenvalue weighted by molar-refractivity contribution is 0.253. The Morgan fingerprint density at radius 3 is 2.57 bits per heavy atom. The lowest BCUT2D eigenvalue weighted by atomic mass is 9.96. The normalized spacial score (nSPS) is 30.4. The van der Waals surface area contributed by atoms with Gasteiger partial charge in [0.15, 0.2) is 0 Å². The third-order valence-corrected chi connectivity index (χ3v) is 3.28. The van der Waals surface area contributed by atoms with E-state index < -0.39 is 0 Å². The van der Waals surface area contributed by atoms with Gasteiger partial charge < -0.3 is 5.11 Å². The molecule has 76 valence electrons. The van der Waals surface area contributed by atoms with Crippen LogP contribution in [-0.4, -0.2) is 11.7 Å². The van der Waals surface area contributed by atoms with Gasteiger partial charge in [-0.25, -0.2) is 4.39 Å². The standard InChI is InChI=1S/C12H15FO/c1-12(7-10(12)8-14)6-9-2-4-11(13)5-3-9/h2-5,10,14H,6-8H2,1H3. The van der Waals surface area contributed by atoms with Crippen molar-refractivity contribution < 1.29 is 9.50 Å². The lowest BCUT2D eigenvalue weighted by Crippen LogP contribution is -2.05. The zero-order chi connectivity index (χ0) is 10.2. The molecule has 1 fully saturated rings. The summed E-state index contributed by atoms with van der Waals surface area (Å²) >= 11 is 0. The van der Waals surface area contributed by atoms with Crippen LogP contribution < -0.4 is 0 Å². The highest BCUT2D eigenvalue weighted by Crippen LogP contribution is 2.53. The van der Waals surface area contributed by atoms with Crippen LogP contribution in [0.4, 0.5) is 4.39 Å². The SMILES string of the molecule is CC1(Cc2ccc(F)cc2)CC1CO. The molecule has 1 N–H and O–H groups in total. The van der Waals surface area contributed by atoms with Crippen LogP contribution in [0.25, 0.3) is 0 Å². The number of hydrogen-bond donors (Lipinski definition) is 1. The molecule has 1 saturated carbocycles. The Hall–Kier alpha value is -0.890. The fraction of sp³-hybridized carbons (Fsp3) is 0.500. The average molecular weight is 194 g/mol. The van der Waals surface area contributed by atoms with Gasteiger partial charge in [-0.3, -0.25) is 0 Å². The monoisotopic (exact) mass is 194 g/mol. The number of hydrogen-bond acceptors (Lipinski definition) is 1. The molecule has 1 aromatic carbocycles. The molecule has 0 spiro atoms. The molecule has 0 amide bonds. The number of rotatable bonds is 3. The van der Waals surface area contributed by atoms with Crippen LogP contribution in [0.3, 0.4) is 0 Å². The summed E-state index contributed by atoms with van der Waals surface area (Å²) in [5.74, 6) is 0.251. The van der Waals surface area contributed by atoms with Crippen molar-refractivity contribution in [1.29, 1.82) is 0 Å². The van der Waals surface area contributed by atoms with E-state index in [1.165, 1.54) is 12.1 Å². The quantitative estimate of drug-likeness (QED) is 0.783. The van der Waals surface area contributed by atoms with Crippen LogP contribution in [0.1, 0.15) is 18.9 Å². The second-order valence-corrected chi connectivity index (χ2v) is 4.54. The molecule has 2 atom stereocenters. The fourth-order valence-electron chi connectivity index (χ4n) is 2.07. The summed E-state index contributed by atoms with van der Waals surface area (Å²) in [6.07, 6.45) is 2.03. The smallest absolute Gasteiger partial charge is 0.123 e. The molecule has 0 radical (unpaired) electrons. The number of halogens is 1. The van der Waals surface area contributed by atoms with Crippen molar-refractivity contribution >= 4 is 0 Å². The zero-order valence-electron chi connectivity index (χ0n) is 8.33.